The fraction of sp³-hybridized carbons (Fsp3) is 0.200. The van der Waals surface area contributed by atoms with E-state index < -0.39 is 6.10 Å². The largest absolute Gasteiger partial charge is 0.481 e. The number of benzene rings is 2. The number of amides is 1. The maximum Gasteiger partial charge on any atom is 0.265 e. The Morgan fingerprint density at radius 2 is 1.83 bits per heavy atom. The van der Waals surface area contributed by atoms with Crippen molar-refractivity contribution in [1.82, 2.24) is 9.38 Å². The van der Waals surface area contributed by atoms with E-state index in [4.69, 9.17) is 9.72 Å². The molecular weight excluding hydrogens is 374 g/mol. The van der Waals surface area contributed by atoms with E-state index in [2.05, 4.69) is 5.32 Å². The molecule has 0 saturated heterocycles. The summed E-state index contributed by atoms with van der Waals surface area (Å²) in [6, 6.07) is 17.7. The highest BCUT2D eigenvalue weighted by atomic mass is 16.5. The van der Waals surface area contributed by atoms with E-state index >= 15 is 0 Å². The summed E-state index contributed by atoms with van der Waals surface area (Å²) in [5.74, 6) is 0.519. The molecule has 0 spiro atoms. The molecule has 4 rings (SSSR count). The van der Waals surface area contributed by atoms with Crippen LogP contribution in [0.25, 0.3) is 16.9 Å². The van der Waals surface area contributed by atoms with Gasteiger partial charge in [-0.3, -0.25) is 4.79 Å². The number of rotatable bonds is 5. The highest BCUT2D eigenvalue weighted by molar-refractivity contribution is 5.97. The number of pyridine rings is 1. The van der Waals surface area contributed by atoms with Crippen molar-refractivity contribution in [3.63, 3.8) is 0 Å². The average molecular weight is 399 g/mol. The molecule has 0 bridgehead atoms. The second-order valence-corrected chi connectivity index (χ2v) is 7.61. The molecule has 1 amide bonds. The number of para-hydroxylation sites is 1. The van der Waals surface area contributed by atoms with Crippen molar-refractivity contribution in [3.05, 3.63) is 83.7 Å². The van der Waals surface area contributed by atoms with Crippen LogP contribution in [-0.4, -0.2) is 21.4 Å². The third-order valence-corrected chi connectivity index (χ3v) is 5.16. The molecule has 0 radical (unpaired) electrons. The summed E-state index contributed by atoms with van der Waals surface area (Å²) in [4.78, 5) is 17.6. The van der Waals surface area contributed by atoms with E-state index in [0.29, 0.717) is 5.69 Å². The van der Waals surface area contributed by atoms with Gasteiger partial charge in [0.05, 0.1) is 11.4 Å². The zero-order valence-corrected chi connectivity index (χ0v) is 17.6. The van der Waals surface area contributed by atoms with Gasteiger partial charge in [-0.2, -0.15) is 0 Å². The topological polar surface area (TPSA) is 55.6 Å². The number of nitrogens with one attached hydrogen (secondary N) is 1. The molecule has 0 fully saturated rings. The van der Waals surface area contributed by atoms with E-state index in [1.54, 1.807) is 6.92 Å². The Balaban J connectivity index is 1.58. The number of aromatic nitrogens is 2. The minimum atomic E-state index is -0.637. The van der Waals surface area contributed by atoms with Gasteiger partial charge in [0.1, 0.15) is 11.4 Å². The number of nitrogens with zero attached hydrogens (tertiary/aromatic N) is 2. The smallest absolute Gasteiger partial charge is 0.265 e. The van der Waals surface area contributed by atoms with E-state index in [0.717, 1.165) is 39.3 Å². The summed E-state index contributed by atoms with van der Waals surface area (Å²) in [6.45, 7) is 7.77. The van der Waals surface area contributed by atoms with E-state index in [1.165, 1.54) is 0 Å². The summed E-state index contributed by atoms with van der Waals surface area (Å²) >= 11 is 0. The van der Waals surface area contributed by atoms with Gasteiger partial charge in [-0.1, -0.05) is 36.4 Å². The molecule has 2 heterocycles. The Morgan fingerprint density at radius 1 is 1.03 bits per heavy atom. The SMILES string of the molecule is Cc1ccc(C)c(OC(C)C(=O)Nc2ccccc2-c2cn3cccc(C)c3n2)c1. The van der Waals surface area contributed by atoms with Gasteiger partial charge in [-0.25, -0.2) is 4.98 Å². The van der Waals surface area contributed by atoms with Crippen LogP contribution < -0.4 is 10.1 Å². The van der Waals surface area contributed by atoms with Crippen molar-refractivity contribution >= 4 is 17.2 Å². The first-order chi connectivity index (χ1) is 14.4. The lowest BCUT2D eigenvalue weighted by Gasteiger charge is -2.17. The lowest BCUT2D eigenvalue weighted by molar-refractivity contribution is -0.122. The Bertz CT molecular complexity index is 1230. The van der Waals surface area contributed by atoms with Crippen LogP contribution in [0.4, 0.5) is 5.69 Å². The van der Waals surface area contributed by atoms with Gasteiger partial charge in [0.15, 0.2) is 6.10 Å². The van der Waals surface area contributed by atoms with Crippen LogP contribution in [0.2, 0.25) is 0 Å². The molecule has 0 aliphatic heterocycles. The monoisotopic (exact) mass is 399 g/mol. The molecule has 2 aromatic carbocycles. The minimum Gasteiger partial charge on any atom is -0.481 e. The second-order valence-electron chi connectivity index (χ2n) is 7.61. The normalized spacial score (nSPS) is 12.0. The number of anilines is 1. The van der Waals surface area contributed by atoms with Crippen molar-refractivity contribution in [2.24, 2.45) is 0 Å². The lowest BCUT2D eigenvalue weighted by atomic mass is 10.1. The van der Waals surface area contributed by atoms with Crippen LogP contribution in [0.5, 0.6) is 5.75 Å². The van der Waals surface area contributed by atoms with Crippen LogP contribution >= 0.6 is 0 Å². The Kier molecular flexibility index (Phi) is 5.27. The number of hydrogen-bond acceptors (Lipinski definition) is 3. The summed E-state index contributed by atoms with van der Waals surface area (Å²) in [7, 11) is 0. The number of fused-ring (bicyclic) bond motifs is 1. The van der Waals surface area contributed by atoms with Gasteiger partial charge in [0.2, 0.25) is 0 Å². The van der Waals surface area contributed by atoms with Crippen LogP contribution in [0.3, 0.4) is 0 Å². The fourth-order valence-electron chi connectivity index (χ4n) is 3.41. The standard InChI is InChI=1S/C25H25N3O2/c1-16-11-12-17(2)23(14-16)30-19(4)25(29)27-21-10-6-5-9-20(21)22-15-28-13-7-8-18(3)24(28)26-22/h5-15,19H,1-4H3,(H,27,29). The van der Waals surface area contributed by atoms with Gasteiger partial charge in [-0.05, 0) is 62.6 Å². The molecule has 1 unspecified atom stereocenters. The second kappa shape index (κ2) is 8.03. The first kappa shape index (κ1) is 19.7. The van der Waals surface area contributed by atoms with Gasteiger partial charge >= 0.3 is 0 Å². The molecule has 0 aliphatic rings. The molecule has 0 saturated carbocycles. The van der Waals surface area contributed by atoms with Crippen molar-refractivity contribution in [2.75, 3.05) is 5.32 Å². The summed E-state index contributed by atoms with van der Waals surface area (Å²) in [5.41, 5.74) is 6.48. The lowest BCUT2D eigenvalue weighted by Crippen LogP contribution is -2.30. The Morgan fingerprint density at radius 3 is 2.63 bits per heavy atom. The first-order valence-electron chi connectivity index (χ1n) is 10.0. The number of carbonyl (C=O) groups excluding carboxylic acids is 1. The molecule has 1 N–H and O–H groups in total. The maximum atomic E-state index is 12.9. The maximum absolute atomic E-state index is 12.9. The highest BCUT2D eigenvalue weighted by Gasteiger charge is 2.18. The quantitative estimate of drug-likeness (QED) is 0.493. The van der Waals surface area contributed by atoms with Crippen LogP contribution in [0, 0.1) is 20.8 Å². The predicted molar refractivity (Wildman–Crippen MR) is 120 cm³/mol. The number of aryl methyl sites for hydroxylation is 3. The zero-order chi connectivity index (χ0) is 21.3. The van der Waals surface area contributed by atoms with Crippen molar-refractivity contribution in [1.29, 1.82) is 0 Å². The molecule has 1 atom stereocenters. The summed E-state index contributed by atoms with van der Waals surface area (Å²) < 4.78 is 7.93. The Labute approximate surface area is 176 Å². The average Bonchev–Trinajstić information content (AvgIpc) is 3.16. The third-order valence-electron chi connectivity index (χ3n) is 5.16. The van der Waals surface area contributed by atoms with Crippen molar-refractivity contribution < 1.29 is 9.53 Å². The fourth-order valence-corrected chi connectivity index (χ4v) is 3.41. The van der Waals surface area contributed by atoms with Crippen molar-refractivity contribution in [3.8, 4) is 17.0 Å². The Hall–Kier alpha value is -3.60. The molecule has 5 nitrogen and oxygen atoms in total. The van der Waals surface area contributed by atoms with Crippen molar-refractivity contribution in [2.45, 2.75) is 33.8 Å². The molecule has 2 aromatic heterocycles. The van der Waals surface area contributed by atoms with E-state index in [-0.39, 0.29) is 5.91 Å². The molecule has 5 heteroatoms. The minimum absolute atomic E-state index is 0.205. The van der Waals surface area contributed by atoms with E-state index in [9.17, 15) is 4.79 Å². The number of hydrogen-bond donors (Lipinski definition) is 1. The third kappa shape index (κ3) is 3.92. The highest BCUT2D eigenvalue weighted by Crippen LogP contribution is 2.28. The zero-order valence-electron chi connectivity index (χ0n) is 17.6. The predicted octanol–water partition coefficient (Wildman–Crippen LogP) is 5.33. The van der Waals surface area contributed by atoms with E-state index in [1.807, 2.05) is 92.2 Å². The number of imidazole rings is 1. The van der Waals surface area contributed by atoms with Crippen LogP contribution in [-0.2, 0) is 4.79 Å². The van der Waals surface area contributed by atoms with Gasteiger partial charge in [0.25, 0.3) is 5.91 Å². The van der Waals surface area contributed by atoms with Crippen LogP contribution in [0.15, 0.2) is 67.0 Å². The summed E-state index contributed by atoms with van der Waals surface area (Å²) in [6.07, 6.45) is 3.31. The molecular formula is C25H25N3O2. The van der Waals surface area contributed by atoms with Gasteiger partial charge < -0.3 is 14.5 Å². The van der Waals surface area contributed by atoms with Gasteiger partial charge in [-0.15, -0.1) is 0 Å². The number of ether oxygens (including phenoxy) is 1. The van der Waals surface area contributed by atoms with Crippen LogP contribution in [0.1, 0.15) is 23.6 Å². The number of carbonyl (C=O) groups is 1. The molecule has 30 heavy (non-hydrogen) atoms. The molecule has 4 aromatic rings. The van der Waals surface area contributed by atoms with Gasteiger partial charge in [0, 0.05) is 18.0 Å². The summed E-state index contributed by atoms with van der Waals surface area (Å²) in [5, 5.41) is 3.01. The first-order valence-corrected chi connectivity index (χ1v) is 10.0. The molecule has 152 valence electrons. The molecule has 0 aliphatic carbocycles.